The Hall–Kier alpha value is -3.27. The van der Waals surface area contributed by atoms with Gasteiger partial charge in [0.05, 0.1) is 30.0 Å². The number of ether oxygens (including phenoxy) is 2. The number of rotatable bonds is 7. The molecule has 9 heteroatoms. The standard InChI is InChI=1S/C25H25FN4O3S/c1-27-25(31)17-5-2-4-16-18-14-34-15-19(18)24(29-23(16)17)28-20-6-3-7-21(22(20)26)33-13-10-30-8-11-32-12-9-30/h2-7,14-15H,8-13H2,1H3,(H,27,31)(H,28,29). The van der Waals surface area contributed by atoms with Crippen molar-refractivity contribution in [2.45, 2.75) is 0 Å². The summed E-state index contributed by atoms with van der Waals surface area (Å²) in [6.07, 6.45) is 0. The van der Waals surface area contributed by atoms with Crippen LogP contribution in [0, 0.1) is 5.82 Å². The summed E-state index contributed by atoms with van der Waals surface area (Å²) >= 11 is 1.53. The van der Waals surface area contributed by atoms with Crippen molar-refractivity contribution in [2.75, 3.05) is 51.8 Å². The number of fused-ring (bicyclic) bond motifs is 3. The second-order valence-electron chi connectivity index (χ2n) is 7.99. The van der Waals surface area contributed by atoms with Crippen molar-refractivity contribution in [1.82, 2.24) is 15.2 Å². The van der Waals surface area contributed by atoms with Gasteiger partial charge in [0, 0.05) is 48.2 Å². The van der Waals surface area contributed by atoms with E-state index in [2.05, 4.69) is 15.5 Å². The van der Waals surface area contributed by atoms with Gasteiger partial charge in [0.15, 0.2) is 11.6 Å². The molecule has 5 rings (SSSR count). The predicted molar refractivity (Wildman–Crippen MR) is 133 cm³/mol. The first-order valence-electron chi connectivity index (χ1n) is 11.1. The summed E-state index contributed by atoms with van der Waals surface area (Å²) in [6, 6.07) is 10.5. The van der Waals surface area contributed by atoms with Crippen LogP contribution < -0.4 is 15.4 Å². The highest BCUT2D eigenvalue weighted by Crippen LogP contribution is 2.36. The smallest absolute Gasteiger partial charge is 0.253 e. The lowest BCUT2D eigenvalue weighted by Crippen LogP contribution is -2.38. The molecule has 2 aromatic heterocycles. The molecule has 34 heavy (non-hydrogen) atoms. The van der Waals surface area contributed by atoms with Crippen LogP contribution in [0.4, 0.5) is 15.9 Å². The fourth-order valence-electron chi connectivity index (χ4n) is 4.11. The molecular formula is C25H25FN4O3S. The average molecular weight is 481 g/mol. The van der Waals surface area contributed by atoms with E-state index in [0.717, 1.165) is 29.2 Å². The van der Waals surface area contributed by atoms with Crippen LogP contribution in [0.15, 0.2) is 47.2 Å². The minimum Gasteiger partial charge on any atom is -0.489 e. The van der Waals surface area contributed by atoms with Crippen LogP contribution in [0.25, 0.3) is 21.7 Å². The Balaban J connectivity index is 1.44. The lowest BCUT2D eigenvalue weighted by atomic mass is 10.1. The first kappa shape index (κ1) is 22.5. The lowest BCUT2D eigenvalue weighted by molar-refractivity contribution is 0.0320. The fourth-order valence-corrected chi connectivity index (χ4v) is 4.94. The molecule has 0 aliphatic carbocycles. The van der Waals surface area contributed by atoms with Gasteiger partial charge in [0.25, 0.3) is 5.91 Å². The van der Waals surface area contributed by atoms with E-state index in [9.17, 15) is 4.79 Å². The molecule has 1 aliphatic rings. The van der Waals surface area contributed by atoms with Gasteiger partial charge in [-0.1, -0.05) is 18.2 Å². The maximum Gasteiger partial charge on any atom is 0.253 e. The summed E-state index contributed by atoms with van der Waals surface area (Å²) in [6.45, 7) is 4.24. The maximum atomic E-state index is 15.3. The summed E-state index contributed by atoms with van der Waals surface area (Å²) in [4.78, 5) is 19.4. The number of aromatic nitrogens is 1. The molecule has 0 unspecified atom stereocenters. The third-order valence-electron chi connectivity index (χ3n) is 5.92. The van der Waals surface area contributed by atoms with Crippen molar-refractivity contribution in [3.05, 3.63) is 58.5 Å². The van der Waals surface area contributed by atoms with Crippen LogP contribution in [0.3, 0.4) is 0 Å². The average Bonchev–Trinajstić information content (AvgIpc) is 3.37. The molecule has 0 atom stereocenters. The van der Waals surface area contributed by atoms with E-state index >= 15 is 4.39 Å². The number of benzene rings is 2. The van der Waals surface area contributed by atoms with Gasteiger partial charge in [-0.2, -0.15) is 11.3 Å². The zero-order valence-corrected chi connectivity index (χ0v) is 19.6. The van der Waals surface area contributed by atoms with Crippen LogP contribution in [-0.4, -0.2) is 62.3 Å². The van der Waals surface area contributed by atoms with Crippen molar-refractivity contribution in [1.29, 1.82) is 0 Å². The number of amides is 1. The van der Waals surface area contributed by atoms with Crippen LogP contribution >= 0.6 is 11.3 Å². The topological polar surface area (TPSA) is 75.7 Å². The number of pyridine rings is 1. The number of carbonyl (C=O) groups excluding carboxylic acids is 1. The molecular weight excluding hydrogens is 455 g/mol. The number of anilines is 2. The number of para-hydroxylation sites is 1. The number of hydrogen-bond donors (Lipinski definition) is 2. The lowest BCUT2D eigenvalue weighted by Gasteiger charge is -2.26. The van der Waals surface area contributed by atoms with Crippen molar-refractivity contribution in [3.63, 3.8) is 0 Å². The number of hydrogen-bond acceptors (Lipinski definition) is 7. The van der Waals surface area contributed by atoms with Gasteiger partial charge in [-0.15, -0.1) is 0 Å². The Kier molecular flexibility index (Phi) is 6.57. The Morgan fingerprint density at radius 3 is 2.76 bits per heavy atom. The summed E-state index contributed by atoms with van der Waals surface area (Å²) < 4.78 is 26.4. The molecule has 1 saturated heterocycles. The molecule has 0 spiro atoms. The van der Waals surface area contributed by atoms with E-state index < -0.39 is 5.82 Å². The first-order valence-corrected chi connectivity index (χ1v) is 12.1. The zero-order valence-electron chi connectivity index (χ0n) is 18.8. The second-order valence-corrected chi connectivity index (χ2v) is 8.73. The molecule has 7 nitrogen and oxygen atoms in total. The summed E-state index contributed by atoms with van der Waals surface area (Å²) in [5, 5.41) is 12.5. The van der Waals surface area contributed by atoms with E-state index in [0.29, 0.717) is 43.3 Å². The molecule has 4 aromatic rings. The van der Waals surface area contributed by atoms with E-state index in [4.69, 9.17) is 14.5 Å². The minimum absolute atomic E-state index is 0.187. The van der Waals surface area contributed by atoms with Crippen LogP contribution in [0.5, 0.6) is 5.75 Å². The molecule has 1 aliphatic heterocycles. The van der Waals surface area contributed by atoms with Crippen molar-refractivity contribution in [3.8, 4) is 5.75 Å². The fraction of sp³-hybridized carbons (Fsp3) is 0.280. The van der Waals surface area contributed by atoms with Crippen LogP contribution in [0.2, 0.25) is 0 Å². The third kappa shape index (κ3) is 4.42. The van der Waals surface area contributed by atoms with Gasteiger partial charge in [-0.05, 0) is 23.6 Å². The van der Waals surface area contributed by atoms with Gasteiger partial charge in [0.2, 0.25) is 0 Å². The minimum atomic E-state index is -0.477. The summed E-state index contributed by atoms with van der Waals surface area (Å²) in [5.41, 5.74) is 1.30. The van der Waals surface area contributed by atoms with Crippen LogP contribution in [-0.2, 0) is 4.74 Å². The normalized spacial score (nSPS) is 14.4. The molecule has 0 saturated carbocycles. The Bertz CT molecular complexity index is 1340. The van der Waals surface area contributed by atoms with Gasteiger partial charge in [-0.25, -0.2) is 9.37 Å². The summed E-state index contributed by atoms with van der Waals surface area (Å²) in [5.74, 6) is -0.0223. The van der Waals surface area contributed by atoms with E-state index in [1.807, 2.05) is 22.9 Å². The Labute approximate surface area is 200 Å². The van der Waals surface area contributed by atoms with Crippen molar-refractivity contribution < 1.29 is 18.7 Å². The molecule has 2 aromatic carbocycles. The van der Waals surface area contributed by atoms with Crippen molar-refractivity contribution in [2.24, 2.45) is 0 Å². The van der Waals surface area contributed by atoms with Gasteiger partial charge in [0.1, 0.15) is 12.4 Å². The predicted octanol–water partition coefficient (Wildman–Crippen LogP) is 4.40. The van der Waals surface area contributed by atoms with E-state index in [-0.39, 0.29) is 17.3 Å². The molecule has 0 bridgehead atoms. The quantitative estimate of drug-likeness (QED) is 0.408. The summed E-state index contributed by atoms with van der Waals surface area (Å²) in [7, 11) is 1.59. The van der Waals surface area contributed by atoms with Crippen molar-refractivity contribution >= 4 is 50.4 Å². The van der Waals surface area contributed by atoms with E-state index in [1.165, 1.54) is 11.3 Å². The highest BCUT2D eigenvalue weighted by molar-refractivity contribution is 7.09. The van der Waals surface area contributed by atoms with Gasteiger partial charge < -0.3 is 20.1 Å². The number of morpholine rings is 1. The molecule has 0 radical (unpaired) electrons. The van der Waals surface area contributed by atoms with Gasteiger partial charge in [-0.3, -0.25) is 9.69 Å². The number of nitrogens with zero attached hydrogens (tertiary/aromatic N) is 2. The molecule has 1 fully saturated rings. The molecule has 1 amide bonds. The third-order valence-corrected chi connectivity index (χ3v) is 6.67. The largest absolute Gasteiger partial charge is 0.489 e. The second kappa shape index (κ2) is 9.92. The molecule has 3 heterocycles. The number of carbonyl (C=O) groups is 1. The number of halogens is 1. The monoisotopic (exact) mass is 480 g/mol. The first-order chi connectivity index (χ1) is 16.7. The highest BCUT2D eigenvalue weighted by Gasteiger charge is 2.18. The SMILES string of the molecule is CNC(=O)c1cccc2c1nc(Nc1cccc(OCCN3CCOCC3)c1F)c1cscc12. The number of thiophene rings is 1. The Morgan fingerprint density at radius 1 is 1.15 bits per heavy atom. The highest BCUT2D eigenvalue weighted by atomic mass is 32.1. The van der Waals surface area contributed by atoms with Gasteiger partial charge >= 0.3 is 0 Å². The zero-order chi connectivity index (χ0) is 23.5. The maximum absolute atomic E-state index is 15.3. The van der Waals surface area contributed by atoms with E-state index in [1.54, 1.807) is 31.3 Å². The Morgan fingerprint density at radius 2 is 1.94 bits per heavy atom. The molecule has 2 N–H and O–H groups in total. The molecule has 176 valence electrons. The van der Waals surface area contributed by atoms with Crippen LogP contribution in [0.1, 0.15) is 10.4 Å². The number of nitrogens with one attached hydrogen (secondary N) is 2.